The van der Waals surface area contributed by atoms with Gasteiger partial charge < -0.3 is 20.7 Å². The van der Waals surface area contributed by atoms with Crippen LogP contribution in [0.25, 0.3) is 0 Å². The summed E-state index contributed by atoms with van der Waals surface area (Å²) in [7, 11) is 0. The number of carbonyl (C=O) groups is 4. The maximum absolute atomic E-state index is 12.9. The molecule has 1 aromatic heterocycles. The number of ether oxygens (including phenoxy) is 1. The smallest absolute Gasteiger partial charge is 0.407 e. The lowest BCUT2D eigenvalue weighted by Crippen LogP contribution is -2.55. The number of aromatic nitrogens is 1. The lowest BCUT2D eigenvalue weighted by Gasteiger charge is -2.25. The van der Waals surface area contributed by atoms with Crippen LogP contribution in [-0.4, -0.2) is 53.9 Å². The zero-order chi connectivity index (χ0) is 23.2. The van der Waals surface area contributed by atoms with Crippen LogP contribution in [0.4, 0.5) is 4.79 Å². The molecule has 9 nitrogen and oxygen atoms in total. The van der Waals surface area contributed by atoms with Gasteiger partial charge in [0.25, 0.3) is 5.91 Å². The van der Waals surface area contributed by atoms with Gasteiger partial charge in [0.15, 0.2) is 0 Å². The van der Waals surface area contributed by atoms with E-state index in [9.17, 15) is 19.2 Å². The Morgan fingerprint density at radius 2 is 2.00 bits per heavy atom. The van der Waals surface area contributed by atoms with Gasteiger partial charge in [-0.25, -0.2) is 9.78 Å². The maximum Gasteiger partial charge on any atom is 0.407 e. The standard InChI is InChI=1S/C21H32N4O5S/c1-12(2)16(25-20(29)30-11-21(3,4)5)18(27)24-14-7-6-13-10-31-15(23-13)8-9-22-19(28)17(14)26/h10,12,14,16H,6-9,11H2,1-5H3,(H,22,28)(H,24,27)(H,25,29). The number of hydrogen-bond donors (Lipinski definition) is 3. The van der Waals surface area contributed by atoms with E-state index < -0.39 is 35.8 Å². The monoisotopic (exact) mass is 452 g/mol. The van der Waals surface area contributed by atoms with Crippen molar-refractivity contribution in [2.45, 2.75) is 66.0 Å². The second-order valence-corrected chi connectivity index (χ2v) is 10.1. The Morgan fingerprint density at radius 3 is 2.65 bits per heavy atom. The van der Waals surface area contributed by atoms with E-state index in [1.54, 1.807) is 13.8 Å². The van der Waals surface area contributed by atoms with Gasteiger partial charge in [0.05, 0.1) is 23.4 Å². The highest BCUT2D eigenvalue weighted by Crippen LogP contribution is 2.15. The van der Waals surface area contributed by atoms with E-state index in [4.69, 9.17) is 4.74 Å². The first kappa shape index (κ1) is 24.8. The minimum atomic E-state index is -1.01. The van der Waals surface area contributed by atoms with Gasteiger partial charge in [0, 0.05) is 18.3 Å². The van der Waals surface area contributed by atoms with Crippen molar-refractivity contribution in [3.63, 3.8) is 0 Å². The number of ketones is 1. The average molecular weight is 453 g/mol. The minimum absolute atomic E-state index is 0.197. The summed E-state index contributed by atoms with van der Waals surface area (Å²) >= 11 is 1.51. The molecule has 0 radical (unpaired) electrons. The van der Waals surface area contributed by atoms with E-state index in [0.717, 1.165) is 10.7 Å². The fraction of sp³-hybridized carbons (Fsp3) is 0.667. The van der Waals surface area contributed by atoms with Crippen LogP contribution in [-0.2, 0) is 32.0 Å². The number of amides is 3. The summed E-state index contributed by atoms with van der Waals surface area (Å²) in [5, 5.41) is 10.6. The summed E-state index contributed by atoms with van der Waals surface area (Å²) < 4.78 is 5.19. The molecule has 2 unspecified atom stereocenters. The second-order valence-electron chi connectivity index (χ2n) is 9.21. The Hall–Kier alpha value is -2.49. The van der Waals surface area contributed by atoms with Crippen molar-refractivity contribution in [2.75, 3.05) is 13.2 Å². The summed E-state index contributed by atoms with van der Waals surface area (Å²) in [6.45, 7) is 9.83. The molecule has 1 aliphatic heterocycles. The minimum Gasteiger partial charge on any atom is -0.449 e. The number of thiazole rings is 1. The van der Waals surface area contributed by atoms with Crippen molar-refractivity contribution in [3.8, 4) is 0 Å². The summed E-state index contributed by atoms with van der Waals surface area (Å²) in [5.74, 6) is -2.24. The van der Waals surface area contributed by atoms with Crippen LogP contribution in [0.3, 0.4) is 0 Å². The van der Waals surface area contributed by atoms with Crippen LogP contribution in [0, 0.1) is 11.3 Å². The number of fused-ring (bicyclic) bond motifs is 2. The topological polar surface area (TPSA) is 126 Å². The van der Waals surface area contributed by atoms with Gasteiger partial charge in [-0.3, -0.25) is 14.4 Å². The third-order valence-corrected chi connectivity index (χ3v) is 5.59. The Bertz CT molecular complexity index is 815. The van der Waals surface area contributed by atoms with E-state index in [1.165, 1.54) is 11.3 Å². The molecule has 2 bridgehead atoms. The highest BCUT2D eigenvalue weighted by atomic mass is 32.1. The van der Waals surface area contributed by atoms with Crippen molar-refractivity contribution in [2.24, 2.45) is 11.3 Å². The van der Waals surface area contributed by atoms with Crippen molar-refractivity contribution in [1.82, 2.24) is 20.9 Å². The van der Waals surface area contributed by atoms with E-state index in [0.29, 0.717) is 19.4 Å². The molecule has 1 aromatic rings. The molecule has 31 heavy (non-hydrogen) atoms. The van der Waals surface area contributed by atoms with Gasteiger partial charge in [-0.2, -0.15) is 0 Å². The first-order valence-electron chi connectivity index (χ1n) is 10.5. The van der Waals surface area contributed by atoms with Gasteiger partial charge in [-0.15, -0.1) is 11.3 Å². The Labute approximate surface area is 186 Å². The molecule has 3 N–H and O–H groups in total. The molecule has 172 valence electrons. The molecule has 10 heteroatoms. The molecule has 0 aromatic carbocycles. The van der Waals surface area contributed by atoms with E-state index >= 15 is 0 Å². The molecule has 2 heterocycles. The van der Waals surface area contributed by atoms with Gasteiger partial charge >= 0.3 is 6.09 Å². The maximum atomic E-state index is 12.9. The molecular formula is C21H32N4O5S. The Kier molecular flexibility index (Phi) is 8.55. The number of nitrogens with one attached hydrogen (secondary N) is 3. The van der Waals surface area contributed by atoms with Gasteiger partial charge in [-0.1, -0.05) is 34.6 Å². The van der Waals surface area contributed by atoms with Crippen molar-refractivity contribution >= 4 is 35.0 Å². The van der Waals surface area contributed by atoms with E-state index in [-0.39, 0.29) is 24.4 Å². The number of Topliss-reactive ketones (excluding diaryl/α,β-unsaturated/α-hetero) is 1. The molecule has 0 saturated carbocycles. The highest BCUT2D eigenvalue weighted by molar-refractivity contribution is 7.09. The fourth-order valence-corrected chi connectivity index (χ4v) is 3.75. The number of alkyl carbamates (subject to hydrolysis) is 1. The average Bonchev–Trinajstić information content (AvgIpc) is 3.12. The molecule has 2 rings (SSSR count). The van der Waals surface area contributed by atoms with Crippen LogP contribution >= 0.6 is 11.3 Å². The van der Waals surface area contributed by atoms with E-state index in [2.05, 4.69) is 20.9 Å². The van der Waals surface area contributed by atoms with Crippen LogP contribution in [0.15, 0.2) is 5.38 Å². The zero-order valence-corrected chi connectivity index (χ0v) is 19.6. The summed E-state index contributed by atoms with van der Waals surface area (Å²) in [4.78, 5) is 54.4. The summed E-state index contributed by atoms with van der Waals surface area (Å²) in [5.41, 5.74) is 0.613. The van der Waals surface area contributed by atoms with Crippen LogP contribution in [0.5, 0.6) is 0 Å². The van der Waals surface area contributed by atoms with Gasteiger partial charge in [0.2, 0.25) is 11.7 Å². The molecule has 0 fully saturated rings. The molecule has 3 amide bonds. The van der Waals surface area contributed by atoms with Crippen LogP contribution < -0.4 is 16.0 Å². The lowest BCUT2D eigenvalue weighted by atomic mass is 9.99. The van der Waals surface area contributed by atoms with Gasteiger partial charge in [-0.05, 0) is 24.2 Å². The number of carbonyl (C=O) groups excluding carboxylic acids is 4. The predicted octanol–water partition coefficient (Wildman–Crippen LogP) is 1.60. The third-order valence-electron chi connectivity index (χ3n) is 4.63. The Balaban J connectivity index is 2.07. The van der Waals surface area contributed by atoms with Crippen molar-refractivity contribution in [1.29, 1.82) is 0 Å². The Morgan fingerprint density at radius 1 is 1.29 bits per heavy atom. The lowest BCUT2D eigenvalue weighted by molar-refractivity contribution is -0.140. The number of hydrogen-bond acceptors (Lipinski definition) is 7. The first-order chi connectivity index (χ1) is 14.5. The second kappa shape index (κ2) is 10.7. The molecule has 0 saturated heterocycles. The van der Waals surface area contributed by atoms with Gasteiger partial charge in [0.1, 0.15) is 6.04 Å². The van der Waals surface area contributed by atoms with Crippen molar-refractivity contribution < 1.29 is 23.9 Å². The SMILES string of the molecule is CC(C)C(NC(=O)OCC(C)(C)C)C(=O)NC1CCc2csc(n2)CCNC(=O)C1=O. The number of rotatable bonds is 5. The van der Waals surface area contributed by atoms with Crippen LogP contribution in [0.1, 0.15) is 51.7 Å². The summed E-state index contributed by atoms with van der Waals surface area (Å²) in [6, 6.07) is -1.92. The molecule has 0 spiro atoms. The van der Waals surface area contributed by atoms with E-state index in [1.807, 2.05) is 26.2 Å². The molecule has 0 aliphatic carbocycles. The highest BCUT2D eigenvalue weighted by Gasteiger charge is 2.32. The first-order valence-corrected chi connectivity index (χ1v) is 11.3. The number of aryl methyl sites for hydroxylation is 1. The van der Waals surface area contributed by atoms with Crippen LogP contribution in [0.2, 0.25) is 0 Å². The van der Waals surface area contributed by atoms with Crippen molar-refractivity contribution in [3.05, 3.63) is 16.1 Å². The zero-order valence-electron chi connectivity index (χ0n) is 18.7. The number of nitrogens with zero attached hydrogens (tertiary/aromatic N) is 1. The molecule has 2 atom stereocenters. The normalized spacial score (nSPS) is 18.6. The summed E-state index contributed by atoms with van der Waals surface area (Å²) in [6.07, 6.45) is 0.538. The third kappa shape index (κ3) is 7.93. The molecular weight excluding hydrogens is 420 g/mol. The predicted molar refractivity (Wildman–Crippen MR) is 117 cm³/mol. The fourth-order valence-electron chi connectivity index (χ4n) is 2.92. The largest absolute Gasteiger partial charge is 0.449 e. The molecule has 1 aliphatic rings. The quantitative estimate of drug-likeness (QED) is 0.583.